The number of amides is 2. The van der Waals surface area contributed by atoms with Crippen molar-refractivity contribution in [3.63, 3.8) is 0 Å². The van der Waals surface area contributed by atoms with Crippen LogP contribution in [0.5, 0.6) is 11.5 Å². The molecule has 2 aliphatic rings. The Hall–Kier alpha value is -2.77. The number of hydrogen-bond donors (Lipinski definition) is 0. The Bertz CT molecular complexity index is 931. The summed E-state index contributed by atoms with van der Waals surface area (Å²) in [5.74, 6) is 1.75. The second-order valence-corrected chi connectivity index (χ2v) is 10.2. The highest BCUT2D eigenvalue weighted by Crippen LogP contribution is 2.26. The van der Waals surface area contributed by atoms with Crippen molar-refractivity contribution in [1.82, 2.24) is 19.6 Å². The maximum absolute atomic E-state index is 12.7. The van der Waals surface area contributed by atoms with Crippen molar-refractivity contribution in [3.8, 4) is 11.5 Å². The smallest absolute Gasteiger partial charge is 0.320 e. The van der Waals surface area contributed by atoms with Crippen LogP contribution in [-0.2, 0) is 13.1 Å². The normalized spacial score (nSPS) is 16.6. The number of rotatable bonds is 8. The van der Waals surface area contributed by atoms with Gasteiger partial charge in [0, 0.05) is 13.1 Å². The molecule has 2 aliphatic heterocycles. The summed E-state index contributed by atoms with van der Waals surface area (Å²) in [7, 11) is 8.28. The van der Waals surface area contributed by atoms with E-state index in [1.54, 1.807) is 0 Å². The third-order valence-electron chi connectivity index (χ3n) is 6.44. The van der Waals surface area contributed by atoms with Crippen molar-refractivity contribution in [2.75, 3.05) is 54.4 Å². The number of nitrogens with zero attached hydrogens (tertiary/aromatic N) is 4. The van der Waals surface area contributed by atoms with Crippen molar-refractivity contribution in [3.05, 3.63) is 58.7 Å². The van der Waals surface area contributed by atoms with Gasteiger partial charge < -0.3 is 29.1 Å². The summed E-state index contributed by atoms with van der Waals surface area (Å²) in [4.78, 5) is 20.8. The van der Waals surface area contributed by atoms with E-state index in [-0.39, 0.29) is 18.2 Å². The monoisotopic (exact) mass is 466 g/mol. The Kier molecular flexibility index (Phi) is 7.33. The van der Waals surface area contributed by atoms with Gasteiger partial charge in [0.2, 0.25) is 0 Å². The zero-order chi connectivity index (χ0) is 24.4. The highest BCUT2D eigenvalue weighted by molar-refractivity contribution is 5.76. The SMILES string of the molecule is Cc1cc(OC2CN(C(=O)N3CC(Oc4ccc(CN(C)C)c(C)c4)C3)C2)ccc1CN(C)C. The number of hydrogen-bond acceptors (Lipinski definition) is 5. The molecule has 184 valence electrons. The average molecular weight is 467 g/mol. The fourth-order valence-corrected chi connectivity index (χ4v) is 4.44. The van der Waals surface area contributed by atoms with Crippen LogP contribution in [0.2, 0.25) is 0 Å². The van der Waals surface area contributed by atoms with Crippen LogP contribution in [0.25, 0.3) is 0 Å². The first-order chi connectivity index (χ1) is 16.2. The summed E-state index contributed by atoms with van der Waals surface area (Å²) < 4.78 is 12.2. The minimum atomic E-state index is 0.0556. The zero-order valence-corrected chi connectivity index (χ0v) is 21.4. The molecular formula is C27H38N4O3. The molecule has 0 unspecified atom stereocenters. The van der Waals surface area contributed by atoms with Gasteiger partial charge in [-0.15, -0.1) is 0 Å². The van der Waals surface area contributed by atoms with Crippen LogP contribution in [0.1, 0.15) is 22.3 Å². The van der Waals surface area contributed by atoms with E-state index in [1.165, 1.54) is 22.3 Å². The van der Waals surface area contributed by atoms with Crippen LogP contribution in [0.4, 0.5) is 4.79 Å². The molecule has 2 aromatic carbocycles. The van der Waals surface area contributed by atoms with Gasteiger partial charge in [-0.1, -0.05) is 12.1 Å². The molecule has 2 fully saturated rings. The van der Waals surface area contributed by atoms with Gasteiger partial charge in [0.1, 0.15) is 23.7 Å². The van der Waals surface area contributed by atoms with Crippen molar-refractivity contribution in [2.45, 2.75) is 39.1 Å². The van der Waals surface area contributed by atoms with E-state index in [0.717, 1.165) is 24.6 Å². The summed E-state index contributed by atoms with van der Waals surface area (Å²) >= 11 is 0. The molecule has 34 heavy (non-hydrogen) atoms. The molecule has 2 saturated heterocycles. The van der Waals surface area contributed by atoms with E-state index >= 15 is 0 Å². The molecule has 0 radical (unpaired) electrons. The molecule has 0 aromatic heterocycles. The molecule has 2 aromatic rings. The van der Waals surface area contributed by atoms with Gasteiger partial charge in [0.15, 0.2) is 0 Å². The van der Waals surface area contributed by atoms with Gasteiger partial charge in [0.25, 0.3) is 0 Å². The second-order valence-electron chi connectivity index (χ2n) is 10.2. The summed E-state index contributed by atoms with van der Waals surface area (Å²) in [5.41, 5.74) is 5.06. The van der Waals surface area contributed by atoms with Crippen LogP contribution < -0.4 is 9.47 Å². The summed E-state index contributed by atoms with van der Waals surface area (Å²) in [6.07, 6.45) is 0.111. The van der Waals surface area contributed by atoms with Crippen LogP contribution in [0.3, 0.4) is 0 Å². The largest absolute Gasteiger partial charge is 0.487 e. The number of ether oxygens (including phenoxy) is 2. The average Bonchev–Trinajstić information content (AvgIpc) is 2.69. The molecule has 0 bridgehead atoms. The lowest BCUT2D eigenvalue weighted by atomic mass is 10.1. The van der Waals surface area contributed by atoms with Crippen molar-refractivity contribution < 1.29 is 14.3 Å². The van der Waals surface area contributed by atoms with Crippen molar-refractivity contribution in [2.24, 2.45) is 0 Å². The van der Waals surface area contributed by atoms with E-state index in [9.17, 15) is 4.79 Å². The maximum atomic E-state index is 12.7. The fourth-order valence-electron chi connectivity index (χ4n) is 4.44. The maximum Gasteiger partial charge on any atom is 0.320 e. The third-order valence-corrected chi connectivity index (χ3v) is 6.44. The van der Waals surface area contributed by atoms with Crippen LogP contribution in [0.15, 0.2) is 36.4 Å². The minimum absolute atomic E-state index is 0.0556. The predicted molar refractivity (Wildman–Crippen MR) is 135 cm³/mol. The first-order valence-corrected chi connectivity index (χ1v) is 12.0. The summed E-state index contributed by atoms with van der Waals surface area (Å²) in [6, 6.07) is 12.6. The van der Waals surface area contributed by atoms with Crippen LogP contribution in [-0.4, -0.2) is 92.2 Å². The van der Waals surface area contributed by atoms with E-state index in [4.69, 9.17) is 9.47 Å². The molecule has 0 atom stereocenters. The van der Waals surface area contributed by atoms with Gasteiger partial charge in [0.05, 0.1) is 26.2 Å². The molecule has 0 aliphatic carbocycles. The Morgan fingerprint density at radius 2 is 1.15 bits per heavy atom. The summed E-state index contributed by atoms with van der Waals surface area (Å²) in [5, 5.41) is 0. The molecule has 7 heteroatoms. The predicted octanol–water partition coefficient (Wildman–Crippen LogP) is 3.37. The Morgan fingerprint density at radius 1 is 0.765 bits per heavy atom. The number of benzene rings is 2. The van der Waals surface area contributed by atoms with Crippen molar-refractivity contribution >= 4 is 6.03 Å². The molecule has 0 spiro atoms. The lowest BCUT2D eigenvalue weighted by Gasteiger charge is -2.46. The van der Waals surface area contributed by atoms with E-state index in [2.05, 4.69) is 76.1 Å². The number of aryl methyl sites for hydroxylation is 2. The van der Waals surface area contributed by atoms with E-state index in [1.807, 2.05) is 21.9 Å². The highest BCUT2D eigenvalue weighted by Gasteiger charge is 2.40. The van der Waals surface area contributed by atoms with Crippen molar-refractivity contribution in [1.29, 1.82) is 0 Å². The van der Waals surface area contributed by atoms with E-state index < -0.39 is 0 Å². The standard InChI is InChI=1S/C27H38N4O3/c1-19-11-23(9-7-21(19)13-28(3)4)33-25-15-30(16-25)27(32)31-17-26(18-31)34-24-10-8-22(14-29(5)6)20(2)12-24/h7-12,25-26H,13-18H2,1-6H3. The lowest BCUT2D eigenvalue weighted by Crippen LogP contribution is -2.65. The number of likely N-dealkylation sites (tertiary alicyclic amines) is 2. The highest BCUT2D eigenvalue weighted by atomic mass is 16.5. The minimum Gasteiger partial charge on any atom is -0.487 e. The van der Waals surface area contributed by atoms with Gasteiger partial charge in [-0.25, -0.2) is 4.79 Å². The second kappa shape index (κ2) is 10.2. The quantitative estimate of drug-likeness (QED) is 0.597. The molecule has 2 amide bonds. The number of carbonyl (C=O) groups is 1. The number of urea groups is 1. The van der Waals surface area contributed by atoms with Gasteiger partial charge >= 0.3 is 6.03 Å². The first-order valence-electron chi connectivity index (χ1n) is 12.0. The Balaban J connectivity index is 1.19. The number of carbonyl (C=O) groups excluding carboxylic acids is 1. The third kappa shape index (κ3) is 5.83. The zero-order valence-electron chi connectivity index (χ0n) is 21.4. The van der Waals surface area contributed by atoms with Gasteiger partial charge in [-0.05, 0) is 88.6 Å². The fraction of sp³-hybridized carbons (Fsp3) is 0.519. The Labute approximate surface area is 203 Å². The molecule has 7 nitrogen and oxygen atoms in total. The molecule has 2 heterocycles. The Morgan fingerprint density at radius 3 is 1.47 bits per heavy atom. The van der Waals surface area contributed by atoms with Crippen LogP contribution >= 0.6 is 0 Å². The molecule has 0 N–H and O–H groups in total. The molecule has 0 saturated carbocycles. The van der Waals surface area contributed by atoms with E-state index in [0.29, 0.717) is 26.2 Å². The topological polar surface area (TPSA) is 48.5 Å². The van der Waals surface area contributed by atoms with Crippen LogP contribution in [0, 0.1) is 13.8 Å². The van der Waals surface area contributed by atoms with Gasteiger partial charge in [-0.3, -0.25) is 0 Å². The first kappa shape index (κ1) is 24.4. The molecule has 4 rings (SSSR count). The summed E-state index contributed by atoms with van der Waals surface area (Å²) in [6.45, 7) is 8.59. The van der Waals surface area contributed by atoms with Gasteiger partial charge in [-0.2, -0.15) is 0 Å². The lowest BCUT2D eigenvalue weighted by molar-refractivity contribution is -0.00483. The molecular weight excluding hydrogens is 428 g/mol.